The second-order valence-corrected chi connectivity index (χ2v) is 14.2. The van der Waals surface area contributed by atoms with Gasteiger partial charge in [0.25, 0.3) is 0 Å². The van der Waals surface area contributed by atoms with E-state index in [2.05, 4.69) is 34.6 Å². The van der Waals surface area contributed by atoms with Crippen LogP contribution in [-0.2, 0) is 23.8 Å². The van der Waals surface area contributed by atoms with Gasteiger partial charge in [-0.05, 0) is 85.9 Å². The van der Waals surface area contributed by atoms with Crippen molar-refractivity contribution in [2.24, 2.45) is 46.3 Å². The Hall–Kier alpha value is -1.10. The lowest BCUT2D eigenvalue weighted by Crippen LogP contribution is -2.64. The zero-order valence-corrected chi connectivity index (χ0v) is 23.8. The highest BCUT2D eigenvalue weighted by Crippen LogP contribution is 2.74. The number of carbonyl (C=O) groups is 2. The van der Waals surface area contributed by atoms with Gasteiger partial charge in [0.1, 0.15) is 23.9 Å². The molecule has 0 aromatic carbocycles. The number of epoxide rings is 1. The molecule has 0 aromatic heterocycles. The first kappa shape index (κ1) is 26.5. The van der Waals surface area contributed by atoms with Crippen LogP contribution in [0.4, 0.5) is 0 Å². The van der Waals surface area contributed by atoms with Gasteiger partial charge in [-0.3, -0.25) is 9.59 Å². The van der Waals surface area contributed by atoms with E-state index < -0.39 is 5.60 Å². The van der Waals surface area contributed by atoms with E-state index in [1.54, 1.807) is 0 Å². The zero-order chi connectivity index (χ0) is 26.0. The van der Waals surface area contributed by atoms with Gasteiger partial charge >= 0.3 is 11.9 Å². The van der Waals surface area contributed by atoms with E-state index in [9.17, 15) is 9.59 Å². The van der Waals surface area contributed by atoms with Crippen molar-refractivity contribution in [3.05, 3.63) is 0 Å². The van der Waals surface area contributed by atoms with Crippen molar-refractivity contribution >= 4 is 11.9 Å². The molecule has 5 heteroatoms. The molecule has 0 amide bonds. The Labute approximate surface area is 218 Å². The van der Waals surface area contributed by atoms with Gasteiger partial charge in [0.15, 0.2) is 0 Å². The van der Waals surface area contributed by atoms with Crippen LogP contribution in [0.15, 0.2) is 0 Å². The fourth-order valence-corrected chi connectivity index (χ4v) is 10.4. The molecule has 5 nitrogen and oxygen atoms in total. The monoisotopic (exact) mass is 502 g/mol. The molecule has 0 unspecified atom stereocenters. The molecule has 5 rings (SSSR count). The van der Waals surface area contributed by atoms with Crippen LogP contribution in [0.1, 0.15) is 113 Å². The van der Waals surface area contributed by atoms with Crippen LogP contribution in [0.2, 0.25) is 0 Å². The van der Waals surface area contributed by atoms with Crippen LogP contribution in [0.25, 0.3) is 0 Å². The Morgan fingerprint density at radius 3 is 2.31 bits per heavy atom. The van der Waals surface area contributed by atoms with Crippen molar-refractivity contribution in [3.8, 4) is 0 Å². The highest BCUT2D eigenvalue weighted by Gasteiger charge is 2.81. The van der Waals surface area contributed by atoms with Crippen molar-refractivity contribution in [2.45, 2.75) is 137 Å². The Morgan fingerprint density at radius 1 is 0.917 bits per heavy atom. The van der Waals surface area contributed by atoms with E-state index in [1.165, 1.54) is 58.8 Å². The number of hydrogen-bond acceptors (Lipinski definition) is 5. The van der Waals surface area contributed by atoms with Gasteiger partial charge < -0.3 is 14.2 Å². The van der Waals surface area contributed by atoms with Crippen molar-refractivity contribution in [1.29, 1.82) is 0 Å². The van der Waals surface area contributed by atoms with Crippen LogP contribution >= 0.6 is 0 Å². The van der Waals surface area contributed by atoms with E-state index in [0.717, 1.165) is 37.0 Å². The van der Waals surface area contributed by atoms with Gasteiger partial charge in [0.2, 0.25) is 0 Å². The minimum Gasteiger partial charge on any atom is -0.460 e. The number of fused-ring (bicyclic) bond motifs is 4. The van der Waals surface area contributed by atoms with E-state index in [1.807, 2.05) is 0 Å². The topological polar surface area (TPSA) is 65.1 Å². The lowest BCUT2D eigenvalue weighted by atomic mass is 9.43. The quantitative estimate of drug-likeness (QED) is 0.286. The van der Waals surface area contributed by atoms with Crippen LogP contribution < -0.4 is 0 Å². The molecule has 4 saturated carbocycles. The molecular weight excluding hydrogens is 452 g/mol. The number of ether oxygens (including phenoxy) is 3. The maximum absolute atomic E-state index is 12.3. The lowest BCUT2D eigenvalue weighted by molar-refractivity contribution is -0.190. The number of esters is 2. The molecule has 1 saturated heterocycles. The van der Waals surface area contributed by atoms with Crippen LogP contribution in [0, 0.1) is 46.3 Å². The Balaban J connectivity index is 1.39. The zero-order valence-electron chi connectivity index (χ0n) is 23.8. The summed E-state index contributed by atoms with van der Waals surface area (Å²) in [7, 11) is 0. The summed E-state index contributed by atoms with van der Waals surface area (Å²) in [5.74, 6) is 3.76. The van der Waals surface area contributed by atoms with Gasteiger partial charge in [0, 0.05) is 19.3 Å². The predicted molar refractivity (Wildman–Crippen MR) is 139 cm³/mol. The first-order valence-corrected chi connectivity index (χ1v) is 15.0. The minimum absolute atomic E-state index is 0.0420. The summed E-state index contributed by atoms with van der Waals surface area (Å²) in [5.41, 5.74) is -0.146. The number of carbonyl (C=O) groups excluding carboxylic acids is 2. The van der Waals surface area contributed by atoms with Crippen molar-refractivity contribution in [3.63, 3.8) is 0 Å². The van der Waals surface area contributed by atoms with E-state index in [-0.39, 0.29) is 35.7 Å². The van der Waals surface area contributed by atoms with Gasteiger partial charge in [-0.2, -0.15) is 0 Å². The summed E-state index contributed by atoms with van der Waals surface area (Å²) in [4.78, 5) is 24.1. The molecule has 0 aromatic rings. The number of rotatable bonds is 7. The Bertz CT molecular complexity index is 869. The second kappa shape index (κ2) is 9.27. The molecular formula is C31H50O5. The normalized spacial score (nSPS) is 47.7. The molecule has 0 N–H and O–H groups in total. The summed E-state index contributed by atoms with van der Waals surface area (Å²) in [6.45, 7) is 15.2. The van der Waals surface area contributed by atoms with Gasteiger partial charge in [-0.15, -0.1) is 0 Å². The Morgan fingerprint density at radius 2 is 1.64 bits per heavy atom. The molecule has 36 heavy (non-hydrogen) atoms. The first-order chi connectivity index (χ1) is 16.9. The highest BCUT2D eigenvalue weighted by molar-refractivity contribution is 5.67. The SMILES string of the molecule is CC(=O)O[C@H]1CC[C@]2(C)[C@@H]3CC[C@@]4(C)[C@H](CC[C@H]4[C@H](C)CCCC(C)C)[C@@H]3C[C@@H](OC(C)=O)[C@]23O[C@H]13. The van der Waals surface area contributed by atoms with Crippen LogP contribution in [-0.4, -0.2) is 35.9 Å². The largest absolute Gasteiger partial charge is 0.460 e. The summed E-state index contributed by atoms with van der Waals surface area (Å²) in [6.07, 6.45) is 11.4. The highest BCUT2D eigenvalue weighted by atomic mass is 16.7. The fourth-order valence-electron chi connectivity index (χ4n) is 10.4. The summed E-state index contributed by atoms with van der Waals surface area (Å²) in [6, 6.07) is 0. The standard InChI is InChI=1S/C31H50O5/c1-18(2)9-8-10-19(3)23-11-12-24-22-17-27(35-21(5)33)31-28(36-31)26(34-20(4)32)14-16-30(31,7)25(22)13-15-29(23,24)6/h18-19,22-28H,8-17H2,1-7H3/t19-,22+,23+,24-,25-,26+,27-,28-,29-,30-,31-/m1/s1. The third-order valence-electron chi connectivity index (χ3n) is 11.9. The summed E-state index contributed by atoms with van der Waals surface area (Å²) < 4.78 is 18.3. The molecule has 0 bridgehead atoms. The van der Waals surface area contributed by atoms with E-state index in [4.69, 9.17) is 14.2 Å². The van der Waals surface area contributed by atoms with Crippen LogP contribution in [0.5, 0.6) is 0 Å². The molecule has 0 radical (unpaired) electrons. The van der Waals surface area contributed by atoms with Crippen molar-refractivity contribution < 1.29 is 23.8 Å². The average molecular weight is 503 g/mol. The molecule has 11 atom stereocenters. The number of hydrogen-bond donors (Lipinski definition) is 0. The average Bonchev–Trinajstić information content (AvgIpc) is 3.45. The van der Waals surface area contributed by atoms with E-state index >= 15 is 0 Å². The first-order valence-electron chi connectivity index (χ1n) is 15.0. The minimum atomic E-state index is -0.492. The summed E-state index contributed by atoms with van der Waals surface area (Å²) >= 11 is 0. The van der Waals surface area contributed by atoms with Gasteiger partial charge in [0.05, 0.1) is 0 Å². The third-order valence-corrected chi connectivity index (χ3v) is 11.9. The second-order valence-electron chi connectivity index (χ2n) is 14.2. The summed E-state index contributed by atoms with van der Waals surface area (Å²) in [5, 5.41) is 0. The third kappa shape index (κ3) is 3.96. The molecule has 5 aliphatic rings. The van der Waals surface area contributed by atoms with E-state index in [0.29, 0.717) is 23.2 Å². The molecule has 4 aliphatic carbocycles. The molecule has 1 aliphatic heterocycles. The lowest BCUT2D eigenvalue weighted by Gasteiger charge is -2.61. The predicted octanol–water partition coefficient (Wildman–Crippen LogP) is 6.71. The van der Waals surface area contributed by atoms with Crippen molar-refractivity contribution in [2.75, 3.05) is 0 Å². The molecule has 5 fully saturated rings. The smallest absolute Gasteiger partial charge is 0.303 e. The maximum atomic E-state index is 12.3. The maximum Gasteiger partial charge on any atom is 0.303 e. The van der Waals surface area contributed by atoms with Gasteiger partial charge in [-0.1, -0.05) is 53.9 Å². The van der Waals surface area contributed by atoms with Gasteiger partial charge in [-0.25, -0.2) is 0 Å². The molecule has 204 valence electrons. The Kier molecular flexibility index (Phi) is 6.83. The van der Waals surface area contributed by atoms with Crippen molar-refractivity contribution in [1.82, 2.24) is 0 Å². The fraction of sp³-hybridized carbons (Fsp3) is 0.935. The van der Waals surface area contributed by atoms with Crippen LogP contribution in [0.3, 0.4) is 0 Å². The molecule has 1 spiro atoms. The molecule has 1 heterocycles.